The molecule has 0 spiro atoms. The normalized spacial score (nSPS) is 18.3. The maximum Gasteiger partial charge on any atom is 0.278 e. The van der Waals surface area contributed by atoms with Crippen molar-refractivity contribution < 1.29 is 10.0 Å². The maximum absolute atomic E-state index is 11.1. The number of nitro benzene ring substituents is 1. The fourth-order valence-corrected chi connectivity index (χ4v) is 3.03. The van der Waals surface area contributed by atoms with E-state index in [2.05, 4.69) is 9.88 Å². The van der Waals surface area contributed by atoms with Crippen molar-refractivity contribution in [3.63, 3.8) is 0 Å². The summed E-state index contributed by atoms with van der Waals surface area (Å²) in [4.78, 5) is 17.3. The predicted octanol–water partition coefficient (Wildman–Crippen LogP) is 2.35. The number of aliphatic hydroxyl groups excluding tert-OH is 1. The number of pyridine rings is 1. The van der Waals surface area contributed by atoms with Crippen molar-refractivity contribution in [3.8, 4) is 0 Å². The lowest BCUT2D eigenvalue weighted by molar-refractivity contribution is -0.383. The molecule has 0 radical (unpaired) electrons. The van der Waals surface area contributed by atoms with E-state index in [1.54, 1.807) is 30.5 Å². The van der Waals surface area contributed by atoms with Gasteiger partial charge >= 0.3 is 0 Å². The summed E-state index contributed by atoms with van der Waals surface area (Å²) in [5.74, 6) is 0.476. The van der Waals surface area contributed by atoms with Gasteiger partial charge in [0, 0.05) is 32.0 Å². The number of hydrogen-bond acceptors (Lipinski definition) is 5. The Morgan fingerprint density at radius 3 is 3.05 bits per heavy atom. The van der Waals surface area contributed by atoms with Gasteiger partial charge in [0.15, 0.2) is 0 Å². The third kappa shape index (κ3) is 2.54. The lowest BCUT2D eigenvalue weighted by atomic mass is 10.1. The molecule has 1 saturated heterocycles. The van der Waals surface area contributed by atoms with Crippen molar-refractivity contribution in [2.75, 3.05) is 24.6 Å². The van der Waals surface area contributed by atoms with Gasteiger partial charge in [0.2, 0.25) is 0 Å². The van der Waals surface area contributed by atoms with Crippen molar-refractivity contribution in [1.29, 1.82) is 0 Å². The predicted molar refractivity (Wildman–Crippen MR) is 80.4 cm³/mol. The fraction of sp³-hybridized carbons (Fsp3) is 0.400. The zero-order valence-electron chi connectivity index (χ0n) is 11.6. The molecule has 110 valence electrons. The minimum atomic E-state index is -0.369. The van der Waals surface area contributed by atoms with Crippen LogP contribution in [0.2, 0.25) is 0 Å². The van der Waals surface area contributed by atoms with Gasteiger partial charge < -0.3 is 10.0 Å². The van der Waals surface area contributed by atoms with Gasteiger partial charge in [-0.1, -0.05) is 0 Å². The number of anilines is 1. The molecule has 1 N–H and O–H groups in total. The van der Waals surface area contributed by atoms with Crippen LogP contribution in [-0.2, 0) is 0 Å². The van der Waals surface area contributed by atoms with E-state index in [-0.39, 0.29) is 17.2 Å². The lowest BCUT2D eigenvalue weighted by Crippen LogP contribution is -2.20. The van der Waals surface area contributed by atoms with E-state index in [0.29, 0.717) is 16.8 Å². The molecule has 0 aliphatic carbocycles. The molecular weight excluding hydrogens is 270 g/mol. The molecule has 0 saturated carbocycles. The van der Waals surface area contributed by atoms with Crippen LogP contribution in [-0.4, -0.2) is 34.7 Å². The molecule has 6 nitrogen and oxygen atoms in total. The minimum Gasteiger partial charge on any atom is -0.396 e. The fourth-order valence-electron chi connectivity index (χ4n) is 3.03. The monoisotopic (exact) mass is 287 g/mol. The summed E-state index contributed by atoms with van der Waals surface area (Å²) in [6.07, 6.45) is 3.50. The Labute approximate surface area is 122 Å². The van der Waals surface area contributed by atoms with Crippen LogP contribution in [0.5, 0.6) is 0 Å². The molecule has 2 heterocycles. The average molecular weight is 287 g/mol. The van der Waals surface area contributed by atoms with E-state index in [1.165, 1.54) is 0 Å². The average Bonchev–Trinajstić information content (AvgIpc) is 2.94. The van der Waals surface area contributed by atoms with Crippen LogP contribution < -0.4 is 4.90 Å². The molecule has 1 unspecified atom stereocenters. The molecule has 21 heavy (non-hydrogen) atoms. The summed E-state index contributed by atoms with van der Waals surface area (Å²) in [7, 11) is 0. The first-order chi connectivity index (χ1) is 10.2. The van der Waals surface area contributed by atoms with Crippen molar-refractivity contribution >= 4 is 22.3 Å². The summed E-state index contributed by atoms with van der Waals surface area (Å²) in [5.41, 5.74) is 1.71. The van der Waals surface area contributed by atoms with Crippen molar-refractivity contribution in [3.05, 3.63) is 40.6 Å². The third-order valence-corrected chi connectivity index (χ3v) is 4.09. The van der Waals surface area contributed by atoms with Crippen molar-refractivity contribution in [2.45, 2.75) is 12.8 Å². The molecule has 1 aliphatic rings. The van der Waals surface area contributed by atoms with Crippen LogP contribution in [0, 0.1) is 16.0 Å². The zero-order chi connectivity index (χ0) is 14.8. The van der Waals surface area contributed by atoms with Gasteiger partial charge in [0.1, 0.15) is 5.52 Å². The van der Waals surface area contributed by atoms with Crippen LogP contribution in [0.4, 0.5) is 11.4 Å². The van der Waals surface area contributed by atoms with E-state index in [4.69, 9.17) is 5.11 Å². The SMILES string of the molecule is O=[N+]([O-])c1ccc(N2CCC(CCO)C2)c2ncccc12. The van der Waals surface area contributed by atoms with E-state index in [1.807, 2.05) is 0 Å². The standard InChI is InChI=1S/C15H17N3O3/c19-9-6-11-5-8-17(10-11)14-4-3-13(18(20)21)12-2-1-7-16-15(12)14/h1-4,7,11,19H,5-6,8-10H2. The zero-order valence-corrected chi connectivity index (χ0v) is 11.6. The second kappa shape index (κ2) is 5.65. The summed E-state index contributed by atoms with van der Waals surface area (Å²) >= 11 is 0. The van der Waals surface area contributed by atoms with Crippen LogP contribution in [0.15, 0.2) is 30.5 Å². The van der Waals surface area contributed by atoms with Crippen LogP contribution in [0.1, 0.15) is 12.8 Å². The number of nitro groups is 1. The summed E-state index contributed by atoms with van der Waals surface area (Å²) in [5, 5.41) is 20.7. The smallest absolute Gasteiger partial charge is 0.278 e. The van der Waals surface area contributed by atoms with Crippen molar-refractivity contribution in [2.24, 2.45) is 5.92 Å². The lowest BCUT2D eigenvalue weighted by Gasteiger charge is -2.20. The first-order valence-electron chi connectivity index (χ1n) is 7.08. The highest BCUT2D eigenvalue weighted by Crippen LogP contribution is 2.34. The van der Waals surface area contributed by atoms with E-state index >= 15 is 0 Å². The van der Waals surface area contributed by atoms with Gasteiger partial charge in [-0.2, -0.15) is 0 Å². The highest BCUT2D eigenvalue weighted by molar-refractivity contribution is 5.97. The number of aromatic nitrogens is 1. The Bertz CT molecular complexity index is 674. The quantitative estimate of drug-likeness (QED) is 0.689. The van der Waals surface area contributed by atoms with E-state index in [0.717, 1.165) is 31.6 Å². The number of nitrogens with zero attached hydrogens (tertiary/aromatic N) is 3. The highest BCUT2D eigenvalue weighted by Gasteiger charge is 2.25. The van der Waals surface area contributed by atoms with Crippen LogP contribution in [0.25, 0.3) is 10.9 Å². The Kier molecular flexibility index (Phi) is 3.70. The van der Waals surface area contributed by atoms with Gasteiger partial charge in [0.05, 0.1) is 16.0 Å². The molecule has 1 aromatic heterocycles. The number of hydrogen-bond donors (Lipinski definition) is 1. The summed E-state index contributed by atoms with van der Waals surface area (Å²) < 4.78 is 0. The number of non-ortho nitro benzene ring substituents is 1. The Morgan fingerprint density at radius 1 is 1.43 bits per heavy atom. The highest BCUT2D eigenvalue weighted by atomic mass is 16.6. The molecule has 0 amide bonds. The van der Waals surface area contributed by atoms with Gasteiger partial charge in [-0.15, -0.1) is 0 Å². The first kappa shape index (κ1) is 13.8. The Hall–Kier alpha value is -2.21. The molecule has 0 bridgehead atoms. The van der Waals surface area contributed by atoms with Gasteiger partial charge in [-0.25, -0.2) is 0 Å². The Balaban J connectivity index is 2.01. The van der Waals surface area contributed by atoms with E-state index in [9.17, 15) is 10.1 Å². The molecule has 1 fully saturated rings. The molecular formula is C15H17N3O3. The van der Waals surface area contributed by atoms with Crippen LogP contribution >= 0.6 is 0 Å². The molecule has 3 rings (SSSR count). The molecule has 6 heteroatoms. The molecule has 1 atom stereocenters. The molecule has 2 aromatic rings. The molecule has 1 aliphatic heterocycles. The number of benzene rings is 1. The number of aliphatic hydroxyl groups is 1. The van der Waals surface area contributed by atoms with E-state index < -0.39 is 0 Å². The van der Waals surface area contributed by atoms with Gasteiger partial charge in [0.25, 0.3) is 5.69 Å². The second-order valence-electron chi connectivity index (χ2n) is 5.37. The molecule has 1 aromatic carbocycles. The summed E-state index contributed by atoms with van der Waals surface area (Å²) in [6, 6.07) is 6.80. The minimum absolute atomic E-state index is 0.0907. The van der Waals surface area contributed by atoms with Crippen LogP contribution in [0.3, 0.4) is 0 Å². The second-order valence-corrected chi connectivity index (χ2v) is 5.37. The van der Waals surface area contributed by atoms with Gasteiger partial charge in [-0.05, 0) is 37.0 Å². The Morgan fingerprint density at radius 2 is 2.29 bits per heavy atom. The topological polar surface area (TPSA) is 79.5 Å². The largest absolute Gasteiger partial charge is 0.396 e. The summed E-state index contributed by atoms with van der Waals surface area (Å²) in [6.45, 7) is 1.97. The number of fused-ring (bicyclic) bond motifs is 1. The number of rotatable bonds is 4. The first-order valence-corrected chi connectivity index (χ1v) is 7.08. The van der Waals surface area contributed by atoms with Gasteiger partial charge in [-0.3, -0.25) is 15.1 Å². The van der Waals surface area contributed by atoms with Crippen molar-refractivity contribution in [1.82, 2.24) is 4.98 Å². The third-order valence-electron chi connectivity index (χ3n) is 4.09. The maximum atomic E-state index is 11.1.